The van der Waals surface area contributed by atoms with Crippen molar-refractivity contribution >= 4 is 43.3 Å². The Morgan fingerprint density at radius 2 is 1.88 bits per heavy atom. The number of ether oxygens (including phenoxy) is 3. The SMILES string of the molecule is CCOC(=O)Cn1c(=NC(=O)CCCS(=O)(=O)c2ccc(F)cc2)sc2cc3c(cc21)OCO3. The average molecular weight is 509 g/mol. The lowest BCUT2D eigenvalue weighted by Crippen LogP contribution is -2.23. The minimum atomic E-state index is -3.65. The summed E-state index contributed by atoms with van der Waals surface area (Å²) in [5.74, 6) is -0.752. The number of rotatable bonds is 8. The molecule has 3 aromatic rings. The van der Waals surface area contributed by atoms with Crippen molar-refractivity contribution in [2.75, 3.05) is 19.2 Å². The van der Waals surface area contributed by atoms with Crippen molar-refractivity contribution in [2.45, 2.75) is 31.2 Å². The lowest BCUT2D eigenvalue weighted by atomic mass is 10.3. The van der Waals surface area contributed by atoms with Crippen molar-refractivity contribution in [3.63, 3.8) is 0 Å². The highest BCUT2D eigenvalue weighted by atomic mass is 32.2. The van der Waals surface area contributed by atoms with E-state index in [1.165, 1.54) is 23.5 Å². The molecule has 0 aliphatic carbocycles. The van der Waals surface area contributed by atoms with E-state index in [4.69, 9.17) is 14.2 Å². The molecule has 1 amide bonds. The summed E-state index contributed by atoms with van der Waals surface area (Å²) < 4.78 is 56.0. The molecule has 180 valence electrons. The van der Waals surface area contributed by atoms with Crippen LogP contribution in [-0.4, -0.2) is 44.0 Å². The van der Waals surface area contributed by atoms with E-state index in [1.54, 1.807) is 23.6 Å². The molecule has 4 rings (SSSR count). The van der Waals surface area contributed by atoms with E-state index in [0.29, 0.717) is 17.0 Å². The van der Waals surface area contributed by atoms with Crippen molar-refractivity contribution in [3.8, 4) is 11.5 Å². The van der Waals surface area contributed by atoms with Crippen LogP contribution in [0.2, 0.25) is 0 Å². The smallest absolute Gasteiger partial charge is 0.326 e. The van der Waals surface area contributed by atoms with Crippen LogP contribution < -0.4 is 14.3 Å². The van der Waals surface area contributed by atoms with Gasteiger partial charge in [0.15, 0.2) is 26.1 Å². The molecule has 0 unspecified atom stereocenters. The third kappa shape index (κ3) is 5.28. The molecule has 0 bridgehead atoms. The van der Waals surface area contributed by atoms with Gasteiger partial charge < -0.3 is 18.8 Å². The van der Waals surface area contributed by atoms with E-state index in [-0.39, 0.29) is 48.2 Å². The van der Waals surface area contributed by atoms with E-state index in [2.05, 4.69) is 4.99 Å². The number of esters is 1. The van der Waals surface area contributed by atoms with E-state index in [9.17, 15) is 22.4 Å². The Bertz CT molecular complexity index is 1410. The van der Waals surface area contributed by atoms with Crippen molar-refractivity contribution in [3.05, 3.63) is 47.0 Å². The highest BCUT2D eigenvalue weighted by Gasteiger charge is 2.20. The van der Waals surface area contributed by atoms with Gasteiger partial charge in [-0.2, -0.15) is 4.99 Å². The Morgan fingerprint density at radius 1 is 1.18 bits per heavy atom. The summed E-state index contributed by atoms with van der Waals surface area (Å²) in [7, 11) is -3.65. The normalized spacial score (nSPS) is 13.4. The molecule has 0 spiro atoms. The van der Waals surface area contributed by atoms with Crippen LogP contribution in [0.5, 0.6) is 11.5 Å². The van der Waals surface area contributed by atoms with E-state index >= 15 is 0 Å². The molecule has 1 aliphatic rings. The van der Waals surface area contributed by atoms with Gasteiger partial charge in [0, 0.05) is 18.6 Å². The van der Waals surface area contributed by atoms with E-state index < -0.39 is 27.5 Å². The first-order chi connectivity index (χ1) is 16.3. The van der Waals surface area contributed by atoms with E-state index in [0.717, 1.165) is 16.8 Å². The number of amides is 1. The maximum atomic E-state index is 13.0. The van der Waals surface area contributed by atoms with Gasteiger partial charge in [0.1, 0.15) is 12.4 Å². The Labute approximate surface area is 198 Å². The van der Waals surface area contributed by atoms with Gasteiger partial charge in [-0.25, -0.2) is 12.8 Å². The molecule has 0 atom stereocenters. The largest absolute Gasteiger partial charge is 0.465 e. The lowest BCUT2D eigenvalue weighted by Gasteiger charge is -2.06. The van der Waals surface area contributed by atoms with Gasteiger partial charge in [0.25, 0.3) is 0 Å². The minimum absolute atomic E-state index is 0.00689. The number of aromatic nitrogens is 1. The average Bonchev–Trinajstić information content (AvgIpc) is 3.36. The molecule has 0 radical (unpaired) electrons. The molecule has 2 heterocycles. The molecule has 9 nitrogen and oxygen atoms in total. The van der Waals surface area contributed by atoms with Gasteiger partial charge in [-0.15, -0.1) is 0 Å². The summed E-state index contributed by atoms with van der Waals surface area (Å²) >= 11 is 1.19. The van der Waals surface area contributed by atoms with Gasteiger partial charge in [-0.1, -0.05) is 11.3 Å². The van der Waals surface area contributed by atoms with Crippen molar-refractivity contribution in [1.29, 1.82) is 0 Å². The summed E-state index contributed by atoms with van der Waals surface area (Å²) in [6.45, 7) is 1.85. The zero-order chi connectivity index (χ0) is 24.3. The third-order valence-corrected chi connectivity index (χ3v) is 7.82. The fourth-order valence-corrected chi connectivity index (χ4v) is 5.74. The standard InChI is InChI=1S/C22H21FN2O7S2/c1-2-30-21(27)12-25-16-10-17-18(32-13-31-17)11-19(16)33-22(25)24-20(26)4-3-9-34(28,29)15-7-5-14(23)6-8-15/h5-8,10-11H,2-4,9,12-13H2,1H3. The molecule has 0 fully saturated rings. The quantitative estimate of drug-likeness (QED) is 0.340. The number of benzene rings is 2. The first kappa shape index (κ1) is 23.9. The number of carbonyl (C=O) groups excluding carboxylic acids is 2. The van der Waals surface area contributed by atoms with Crippen LogP contribution in [-0.2, 0) is 30.7 Å². The second-order valence-electron chi connectivity index (χ2n) is 7.33. The van der Waals surface area contributed by atoms with Crippen LogP contribution in [0, 0.1) is 5.82 Å². The number of hydrogen-bond acceptors (Lipinski definition) is 8. The molecule has 0 saturated carbocycles. The molecule has 12 heteroatoms. The monoisotopic (exact) mass is 508 g/mol. The summed E-state index contributed by atoms with van der Waals surface area (Å²) in [5.41, 5.74) is 0.632. The fourth-order valence-electron chi connectivity index (χ4n) is 3.37. The second-order valence-corrected chi connectivity index (χ2v) is 10.4. The predicted molar refractivity (Wildman–Crippen MR) is 121 cm³/mol. The topological polar surface area (TPSA) is 113 Å². The molecule has 0 saturated heterocycles. The van der Waals surface area contributed by atoms with Gasteiger partial charge in [0.05, 0.1) is 27.5 Å². The molecule has 0 N–H and O–H groups in total. The van der Waals surface area contributed by atoms with Crippen LogP contribution in [0.15, 0.2) is 46.3 Å². The maximum Gasteiger partial charge on any atom is 0.326 e. The summed E-state index contributed by atoms with van der Waals surface area (Å²) in [5, 5.41) is 0. The lowest BCUT2D eigenvalue weighted by molar-refractivity contribution is -0.143. The molecular formula is C22H21FN2O7S2. The van der Waals surface area contributed by atoms with Gasteiger partial charge in [-0.3, -0.25) is 9.59 Å². The number of thiazole rings is 1. The summed E-state index contributed by atoms with van der Waals surface area (Å²) in [6, 6.07) is 8.00. The van der Waals surface area contributed by atoms with Gasteiger partial charge >= 0.3 is 5.97 Å². The number of fused-ring (bicyclic) bond motifs is 2. The number of nitrogens with zero attached hydrogens (tertiary/aromatic N) is 2. The summed E-state index contributed by atoms with van der Waals surface area (Å²) in [4.78, 5) is 29.1. The Balaban J connectivity index is 1.55. The van der Waals surface area contributed by atoms with E-state index in [1.807, 2.05) is 0 Å². The van der Waals surface area contributed by atoms with Crippen LogP contribution in [0.3, 0.4) is 0 Å². The first-order valence-electron chi connectivity index (χ1n) is 10.4. The molecule has 2 aromatic carbocycles. The third-order valence-electron chi connectivity index (χ3n) is 4.97. The highest BCUT2D eigenvalue weighted by Crippen LogP contribution is 2.37. The van der Waals surface area contributed by atoms with Crippen molar-refractivity contribution in [1.82, 2.24) is 4.57 Å². The Kier molecular flexibility index (Phi) is 6.98. The highest BCUT2D eigenvalue weighted by molar-refractivity contribution is 7.91. The van der Waals surface area contributed by atoms with Crippen LogP contribution in [0.4, 0.5) is 4.39 Å². The van der Waals surface area contributed by atoms with Gasteiger partial charge in [-0.05, 0) is 37.6 Å². The van der Waals surface area contributed by atoms with Crippen LogP contribution in [0.1, 0.15) is 19.8 Å². The Hall–Kier alpha value is -3.25. The number of sulfone groups is 1. The van der Waals surface area contributed by atoms with Gasteiger partial charge in [0.2, 0.25) is 12.7 Å². The van der Waals surface area contributed by atoms with Crippen LogP contribution >= 0.6 is 11.3 Å². The summed E-state index contributed by atoms with van der Waals surface area (Å²) in [6.07, 6.45) is -0.0718. The first-order valence-corrected chi connectivity index (χ1v) is 12.9. The van der Waals surface area contributed by atoms with Crippen molar-refractivity contribution in [2.24, 2.45) is 4.99 Å². The number of halogens is 1. The Morgan fingerprint density at radius 3 is 2.59 bits per heavy atom. The zero-order valence-electron chi connectivity index (χ0n) is 18.2. The zero-order valence-corrected chi connectivity index (χ0v) is 19.8. The van der Waals surface area contributed by atoms with Crippen molar-refractivity contribution < 1.29 is 36.6 Å². The number of hydrogen-bond donors (Lipinski definition) is 0. The molecule has 1 aliphatic heterocycles. The maximum absolute atomic E-state index is 13.0. The predicted octanol–water partition coefficient (Wildman–Crippen LogP) is 2.82. The minimum Gasteiger partial charge on any atom is -0.465 e. The molecular weight excluding hydrogens is 487 g/mol. The number of carbonyl (C=O) groups is 2. The molecule has 1 aromatic heterocycles. The second kappa shape index (κ2) is 9.94. The molecule has 34 heavy (non-hydrogen) atoms. The van der Waals surface area contributed by atoms with Crippen LogP contribution in [0.25, 0.3) is 10.2 Å². The fraction of sp³-hybridized carbons (Fsp3) is 0.318.